The number of piperazine rings is 1. The molecule has 0 spiro atoms. The molecule has 2 heterocycles. The average Bonchev–Trinajstić information content (AvgIpc) is 2.58. The lowest BCUT2D eigenvalue weighted by Crippen LogP contribution is -2.53. The van der Waals surface area contributed by atoms with Crippen molar-refractivity contribution in [3.63, 3.8) is 0 Å². The Balaban J connectivity index is 1.85. The normalized spacial score (nSPS) is 27.2. The minimum absolute atomic E-state index is 0.0314. The first-order valence-corrected chi connectivity index (χ1v) is 5.58. The smallest absolute Gasteiger partial charge is 0.317 e. The van der Waals surface area contributed by atoms with Crippen LogP contribution in [0.5, 0.6) is 0 Å². The molecular weight excluding hydrogens is 226 g/mol. The lowest BCUT2D eigenvalue weighted by molar-refractivity contribution is -0.139. The zero-order valence-electron chi connectivity index (χ0n) is 9.39. The molecule has 2 N–H and O–H groups in total. The molecule has 0 aromatic heterocycles. The summed E-state index contributed by atoms with van der Waals surface area (Å²) in [5, 5.41) is 10.9. The van der Waals surface area contributed by atoms with Crippen LogP contribution >= 0.6 is 0 Å². The van der Waals surface area contributed by atoms with E-state index in [2.05, 4.69) is 5.32 Å². The van der Waals surface area contributed by atoms with Crippen molar-refractivity contribution in [1.82, 2.24) is 15.1 Å². The number of hydrogen-bond donors (Lipinski definition) is 2. The molecule has 94 valence electrons. The van der Waals surface area contributed by atoms with Crippen molar-refractivity contribution in [1.29, 1.82) is 0 Å². The lowest BCUT2D eigenvalue weighted by atomic mass is 10.2. The second-order valence-electron chi connectivity index (χ2n) is 4.34. The first-order chi connectivity index (χ1) is 8.06. The number of hydrogen-bond acceptors (Lipinski definition) is 5. The third kappa shape index (κ3) is 2.80. The van der Waals surface area contributed by atoms with E-state index in [1.54, 1.807) is 0 Å². The minimum Gasteiger partial charge on any atom is -0.480 e. The Morgan fingerprint density at radius 2 is 1.94 bits per heavy atom. The molecule has 0 radical (unpaired) electrons. The van der Waals surface area contributed by atoms with E-state index in [4.69, 9.17) is 5.11 Å². The Labute approximate surface area is 98.4 Å². The van der Waals surface area contributed by atoms with Crippen LogP contribution in [-0.2, 0) is 14.4 Å². The molecule has 0 aromatic carbocycles. The van der Waals surface area contributed by atoms with Crippen LogP contribution in [0.15, 0.2) is 0 Å². The van der Waals surface area contributed by atoms with E-state index in [9.17, 15) is 14.4 Å². The number of aliphatic carboxylic acids is 1. The van der Waals surface area contributed by atoms with Crippen LogP contribution in [0.4, 0.5) is 0 Å². The molecule has 2 rings (SSSR count). The van der Waals surface area contributed by atoms with Crippen molar-refractivity contribution in [2.75, 3.05) is 32.7 Å². The number of carbonyl (C=O) groups is 3. The number of rotatable bonds is 3. The van der Waals surface area contributed by atoms with Crippen LogP contribution < -0.4 is 5.32 Å². The van der Waals surface area contributed by atoms with Crippen molar-refractivity contribution in [2.24, 2.45) is 0 Å². The van der Waals surface area contributed by atoms with E-state index in [-0.39, 0.29) is 30.8 Å². The maximum atomic E-state index is 11.5. The van der Waals surface area contributed by atoms with Gasteiger partial charge in [-0.2, -0.15) is 0 Å². The third-order valence-electron chi connectivity index (χ3n) is 3.15. The van der Waals surface area contributed by atoms with Crippen LogP contribution in [0.1, 0.15) is 6.42 Å². The predicted octanol–water partition coefficient (Wildman–Crippen LogP) is -1.90. The van der Waals surface area contributed by atoms with Gasteiger partial charge in [0.15, 0.2) is 0 Å². The Kier molecular flexibility index (Phi) is 3.39. The van der Waals surface area contributed by atoms with Crippen molar-refractivity contribution >= 4 is 17.8 Å². The van der Waals surface area contributed by atoms with Gasteiger partial charge in [-0.25, -0.2) is 0 Å². The average molecular weight is 241 g/mol. The summed E-state index contributed by atoms with van der Waals surface area (Å²) in [6.07, 6.45) is 0.220. The van der Waals surface area contributed by atoms with E-state index >= 15 is 0 Å². The highest BCUT2D eigenvalue weighted by molar-refractivity contribution is 6.05. The van der Waals surface area contributed by atoms with Crippen LogP contribution in [0.2, 0.25) is 0 Å². The molecule has 0 aromatic rings. The van der Waals surface area contributed by atoms with E-state index in [0.29, 0.717) is 26.2 Å². The second kappa shape index (κ2) is 4.80. The SMILES string of the molecule is O=C(O)CN1CCN(C2CC(=O)NC2=O)CC1. The Morgan fingerprint density at radius 3 is 2.41 bits per heavy atom. The molecule has 1 atom stereocenters. The van der Waals surface area contributed by atoms with E-state index < -0.39 is 5.97 Å². The van der Waals surface area contributed by atoms with Gasteiger partial charge < -0.3 is 5.11 Å². The highest BCUT2D eigenvalue weighted by Gasteiger charge is 2.36. The van der Waals surface area contributed by atoms with Gasteiger partial charge in [-0.15, -0.1) is 0 Å². The van der Waals surface area contributed by atoms with Crippen LogP contribution in [0.3, 0.4) is 0 Å². The van der Waals surface area contributed by atoms with Crippen molar-refractivity contribution < 1.29 is 19.5 Å². The zero-order chi connectivity index (χ0) is 12.4. The molecule has 2 fully saturated rings. The fraction of sp³-hybridized carbons (Fsp3) is 0.700. The molecule has 7 nitrogen and oxygen atoms in total. The van der Waals surface area contributed by atoms with Gasteiger partial charge in [0.25, 0.3) is 0 Å². The topological polar surface area (TPSA) is 89.9 Å². The summed E-state index contributed by atoms with van der Waals surface area (Å²) in [6, 6.07) is -0.366. The van der Waals surface area contributed by atoms with Crippen LogP contribution in [0.25, 0.3) is 0 Å². The molecule has 7 heteroatoms. The molecular formula is C10H15N3O4. The van der Waals surface area contributed by atoms with Gasteiger partial charge in [-0.1, -0.05) is 0 Å². The van der Waals surface area contributed by atoms with E-state index in [1.807, 2.05) is 9.80 Å². The fourth-order valence-electron chi connectivity index (χ4n) is 2.26. The quantitative estimate of drug-likeness (QED) is 0.561. The molecule has 0 saturated carbocycles. The highest BCUT2D eigenvalue weighted by atomic mass is 16.4. The van der Waals surface area contributed by atoms with Crippen LogP contribution in [0, 0.1) is 0 Å². The van der Waals surface area contributed by atoms with Gasteiger partial charge in [0.2, 0.25) is 11.8 Å². The second-order valence-corrected chi connectivity index (χ2v) is 4.34. The van der Waals surface area contributed by atoms with E-state index in [0.717, 1.165) is 0 Å². The van der Waals surface area contributed by atoms with E-state index in [1.165, 1.54) is 0 Å². The molecule has 2 amide bonds. The Bertz CT molecular complexity index is 349. The molecule has 2 aliphatic heterocycles. The standard InChI is InChI=1S/C10H15N3O4/c14-8-5-7(10(17)11-8)13-3-1-12(2-4-13)6-9(15)16/h7H,1-6H2,(H,15,16)(H,11,14,17). The molecule has 2 aliphatic rings. The predicted molar refractivity (Wildman–Crippen MR) is 57.2 cm³/mol. The number of carboxylic acids is 1. The lowest BCUT2D eigenvalue weighted by Gasteiger charge is -2.35. The van der Waals surface area contributed by atoms with Gasteiger partial charge in [0, 0.05) is 26.2 Å². The summed E-state index contributed by atoms with van der Waals surface area (Å²) in [4.78, 5) is 36.8. The Hall–Kier alpha value is -1.47. The molecule has 0 bridgehead atoms. The summed E-state index contributed by atoms with van der Waals surface area (Å²) in [6.45, 7) is 2.51. The van der Waals surface area contributed by atoms with Gasteiger partial charge in [-0.05, 0) is 0 Å². The third-order valence-corrected chi connectivity index (χ3v) is 3.15. The number of amides is 2. The number of nitrogens with zero attached hydrogens (tertiary/aromatic N) is 2. The summed E-state index contributed by atoms with van der Waals surface area (Å²) >= 11 is 0. The summed E-state index contributed by atoms with van der Waals surface area (Å²) < 4.78 is 0. The summed E-state index contributed by atoms with van der Waals surface area (Å²) in [5.41, 5.74) is 0. The first-order valence-electron chi connectivity index (χ1n) is 5.58. The number of nitrogens with one attached hydrogen (secondary N) is 1. The van der Waals surface area contributed by atoms with Crippen molar-refractivity contribution in [3.8, 4) is 0 Å². The van der Waals surface area contributed by atoms with Gasteiger partial charge in [-0.3, -0.25) is 29.5 Å². The van der Waals surface area contributed by atoms with Gasteiger partial charge in [0.1, 0.15) is 0 Å². The Morgan fingerprint density at radius 1 is 1.29 bits per heavy atom. The largest absolute Gasteiger partial charge is 0.480 e. The molecule has 2 saturated heterocycles. The summed E-state index contributed by atoms with van der Waals surface area (Å²) in [5.74, 6) is -1.30. The van der Waals surface area contributed by atoms with Gasteiger partial charge in [0.05, 0.1) is 19.0 Å². The maximum Gasteiger partial charge on any atom is 0.317 e. The molecule has 17 heavy (non-hydrogen) atoms. The van der Waals surface area contributed by atoms with Crippen LogP contribution in [-0.4, -0.2) is 71.5 Å². The van der Waals surface area contributed by atoms with Gasteiger partial charge >= 0.3 is 5.97 Å². The zero-order valence-corrected chi connectivity index (χ0v) is 9.39. The highest BCUT2D eigenvalue weighted by Crippen LogP contribution is 2.13. The van der Waals surface area contributed by atoms with Crippen molar-refractivity contribution in [3.05, 3.63) is 0 Å². The monoisotopic (exact) mass is 241 g/mol. The fourth-order valence-corrected chi connectivity index (χ4v) is 2.26. The minimum atomic E-state index is -0.841. The van der Waals surface area contributed by atoms with Crippen molar-refractivity contribution in [2.45, 2.75) is 12.5 Å². The first kappa shape index (κ1) is 12.0. The number of carboxylic acid groups (broad SMARTS) is 1. The summed E-state index contributed by atoms with van der Waals surface area (Å²) in [7, 11) is 0. The number of carbonyl (C=O) groups excluding carboxylic acids is 2. The molecule has 1 unspecified atom stereocenters. The maximum absolute atomic E-state index is 11.5. The number of imide groups is 1. The molecule has 0 aliphatic carbocycles.